The molecule has 0 unspecified atom stereocenters. The SMILES string of the molecule is COc1ccc2nc3cc(Cl)ccc3c(NCCNc3c4ccc(Cl)cc4nc4ccc(OCC(C)(C)C)cc34)c2c1.O=C(O)C(F)(F)F.O=C(O)C(F)(F)F. The highest BCUT2D eigenvalue weighted by Crippen LogP contribution is 2.36. The Balaban J connectivity index is 0.000000425. The zero-order valence-electron chi connectivity index (χ0n) is 30.0. The highest BCUT2D eigenvalue weighted by molar-refractivity contribution is 6.32. The van der Waals surface area contributed by atoms with Gasteiger partial charge in [-0.2, -0.15) is 26.3 Å². The first kappa shape index (κ1) is 43.3. The van der Waals surface area contributed by atoms with Crippen molar-refractivity contribution in [2.24, 2.45) is 5.41 Å². The molecule has 4 aromatic carbocycles. The molecule has 0 atom stereocenters. The summed E-state index contributed by atoms with van der Waals surface area (Å²) in [4.78, 5) is 27.5. The van der Waals surface area contributed by atoms with Crippen LogP contribution in [-0.4, -0.2) is 71.3 Å². The van der Waals surface area contributed by atoms with Gasteiger partial charge < -0.3 is 30.3 Å². The van der Waals surface area contributed by atoms with Crippen LogP contribution in [0.15, 0.2) is 72.8 Å². The molecular formula is C38H34Cl2F6N4O6. The van der Waals surface area contributed by atoms with Gasteiger partial charge in [0, 0.05) is 44.7 Å². The largest absolute Gasteiger partial charge is 0.497 e. The number of hydrogen-bond donors (Lipinski definition) is 4. The summed E-state index contributed by atoms with van der Waals surface area (Å²) in [5, 5.41) is 26.9. The number of nitrogens with zero attached hydrogens (tertiary/aromatic N) is 2. The Morgan fingerprint density at radius 3 is 1.39 bits per heavy atom. The highest BCUT2D eigenvalue weighted by Gasteiger charge is 2.38. The van der Waals surface area contributed by atoms with Crippen LogP contribution < -0.4 is 20.1 Å². The number of anilines is 2. The van der Waals surface area contributed by atoms with Gasteiger partial charge in [0.2, 0.25) is 0 Å². The van der Waals surface area contributed by atoms with Crippen LogP contribution in [0.25, 0.3) is 43.6 Å². The standard InChI is InChI=1S/C34H32Cl2N4O2.2C2HF3O2/c1-34(2,3)19-42-23-8-12-29-27(18-23)33(25-10-6-21(36)16-31(25)40-29)38-14-13-37-32-24-9-5-20(35)15-30(24)39-28-11-7-22(41-4)17-26(28)32;2*3-2(4,5)1(6)7/h5-12,15-18H,13-14,19H2,1-4H3,(H,37,39)(H,38,40);2*(H,6,7). The van der Waals surface area contributed by atoms with Crippen molar-refractivity contribution in [3.05, 3.63) is 82.8 Å². The fraction of sp³-hybridized carbons (Fsp3) is 0.263. The lowest BCUT2D eigenvalue weighted by atomic mass is 9.99. The average molecular weight is 828 g/mol. The van der Waals surface area contributed by atoms with Gasteiger partial charge in [0.1, 0.15) is 11.5 Å². The first-order chi connectivity index (χ1) is 26.1. The normalized spacial score (nSPS) is 11.7. The molecule has 0 spiro atoms. The second-order valence-electron chi connectivity index (χ2n) is 13.2. The van der Waals surface area contributed by atoms with E-state index in [1.165, 1.54) is 0 Å². The second-order valence-corrected chi connectivity index (χ2v) is 14.0. The number of pyridine rings is 2. The van der Waals surface area contributed by atoms with Crippen LogP contribution in [0.1, 0.15) is 20.8 Å². The Morgan fingerprint density at radius 2 is 1.02 bits per heavy atom. The van der Waals surface area contributed by atoms with Crippen molar-refractivity contribution in [1.29, 1.82) is 0 Å². The topological polar surface area (TPSA) is 143 Å². The van der Waals surface area contributed by atoms with Crippen molar-refractivity contribution in [3.63, 3.8) is 0 Å². The molecule has 0 aliphatic rings. The number of benzene rings is 4. The van der Waals surface area contributed by atoms with E-state index in [0.717, 1.165) is 66.5 Å². The number of aromatic nitrogens is 2. The maximum absolute atomic E-state index is 10.6. The lowest BCUT2D eigenvalue weighted by Gasteiger charge is -2.20. The van der Waals surface area contributed by atoms with E-state index in [2.05, 4.69) is 37.5 Å². The van der Waals surface area contributed by atoms with Gasteiger partial charge in [-0.05, 0) is 78.2 Å². The van der Waals surface area contributed by atoms with Gasteiger partial charge in [0.05, 0.1) is 47.2 Å². The Hall–Kier alpha value is -5.48. The van der Waals surface area contributed by atoms with E-state index in [0.29, 0.717) is 29.7 Å². The maximum Gasteiger partial charge on any atom is 0.490 e. The molecule has 18 heteroatoms. The summed E-state index contributed by atoms with van der Waals surface area (Å²) >= 11 is 12.6. The lowest BCUT2D eigenvalue weighted by Crippen LogP contribution is -2.21. The van der Waals surface area contributed by atoms with Crippen molar-refractivity contribution in [3.8, 4) is 11.5 Å². The van der Waals surface area contributed by atoms with Crippen molar-refractivity contribution in [1.82, 2.24) is 9.97 Å². The molecule has 0 aliphatic heterocycles. The second kappa shape index (κ2) is 17.5. The summed E-state index contributed by atoms with van der Waals surface area (Å²) in [5.41, 5.74) is 5.45. The predicted octanol–water partition coefficient (Wildman–Crippen LogP) is 10.6. The van der Waals surface area contributed by atoms with Crippen molar-refractivity contribution >= 4 is 90.1 Å². The van der Waals surface area contributed by atoms with Crippen LogP contribution in [0.3, 0.4) is 0 Å². The van der Waals surface area contributed by atoms with E-state index in [1.54, 1.807) is 7.11 Å². The van der Waals surface area contributed by atoms with E-state index >= 15 is 0 Å². The van der Waals surface area contributed by atoms with Gasteiger partial charge in [0.15, 0.2) is 0 Å². The number of aliphatic carboxylic acids is 2. The van der Waals surface area contributed by atoms with Crippen LogP contribution in [0, 0.1) is 5.41 Å². The molecule has 6 aromatic rings. The van der Waals surface area contributed by atoms with Crippen LogP contribution in [0.5, 0.6) is 11.5 Å². The Kier molecular flexibility index (Phi) is 13.5. The minimum absolute atomic E-state index is 0.0523. The fourth-order valence-corrected chi connectivity index (χ4v) is 5.40. The number of halogens is 8. The predicted molar refractivity (Wildman–Crippen MR) is 204 cm³/mol. The number of hydrogen-bond acceptors (Lipinski definition) is 8. The molecule has 0 saturated heterocycles. The third-order valence-electron chi connectivity index (χ3n) is 7.54. The summed E-state index contributed by atoms with van der Waals surface area (Å²) in [6.07, 6.45) is -10.2. The molecule has 0 aliphatic carbocycles. The van der Waals surface area contributed by atoms with E-state index in [9.17, 15) is 26.3 Å². The van der Waals surface area contributed by atoms with Crippen LogP contribution in [0.4, 0.5) is 37.7 Å². The number of carboxylic acids is 2. The first-order valence-electron chi connectivity index (χ1n) is 16.4. The summed E-state index contributed by atoms with van der Waals surface area (Å²) in [6.45, 7) is 8.39. The molecule has 10 nitrogen and oxygen atoms in total. The summed E-state index contributed by atoms with van der Waals surface area (Å²) < 4.78 is 75.1. The smallest absolute Gasteiger partial charge is 0.490 e. The minimum atomic E-state index is -5.08. The van der Waals surface area contributed by atoms with Crippen LogP contribution >= 0.6 is 23.2 Å². The van der Waals surface area contributed by atoms with Crippen molar-refractivity contribution in [2.45, 2.75) is 33.1 Å². The number of methoxy groups -OCH3 is 1. The molecule has 6 rings (SSSR count). The van der Waals surface area contributed by atoms with Gasteiger partial charge >= 0.3 is 24.3 Å². The monoisotopic (exact) mass is 826 g/mol. The van der Waals surface area contributed by atoms with Crippen LogP contribution in [-0.2, 0) is 9.59 Å². The fourth-order valence-electron chi connectivity index (χ4n) is 5.07. The zero-order chi connectivity index (χ0) is 41.6. The number of carbonyl (C=O) groups is 2. The maximum atomic E-state index is 10.6. The summed E-state index contributed by atoms with van der Waals surface area (Å²) in [7, 11) is 1.67. The van der Waals surface area contributed by atoms with E-state index in [-0.39, 0.29) is 5.41 Å². The number of nitrogens with one attached hydrogen (secondary N) is 2. The Bertz CT molecular complexity index is 2360. The first-order valence-corrected chi connectivity index (χ1v) is 17.1. The Morgan fingerprint density at radius 1 is 0.625 bits per heavy atom. The molecule has 0 fully saturated rings. The quantitative estimate of drug-likeness (QED) is 0.0665. The molecule has 0 amide bonds. The van der Waals surface area contributed by atoms with Crippen molar-refractivity contribution < 1.29 is 55.6 Å². The van der Waals surface area contributed by atoms with E-state index < -0.39 is 24.3 Å². The third kappa shape index (κ3) is 11.5. The van der Waals surface area contributed by atoms with Crippen molar-refractivity contribution in [2.75, 3.05) is 37.4 Å². The van der Waals surface area contributed by atoms with Gasteiger partial charge in [-0.25, -0.2) is 19.6 Å². The molecular weight excluding hydrogens is 793 g/mol. The highest BCUT2D eigenvalue weighted by atomic mass is 35.5. The van der Waals surface area contributed by atoms with E-state index in [1.807, 2.05) is 66.7 Å². The molecule has 0 bridgehead atoms. The molecule has 298 valence electrons. The Labute approximate surface area is 325 Å². The van der Waals surface area contributed by atoms with E-state index in [4.69, 9.17) is 62.4 Å². The van der Waals surface area contributed by atoms with Crippen LogP contribution in [0.2, 0.25) is 10.0 Å². The number of alkyl halides is 6. The lowest BCUT2D eigenvalue weighted by molar-refractivity contribution is -0.193. The summed E-state index contributed by atoms with van der Waals surface area (Å²) in [6, 6.07) is 23.6. The molecule has 0 radical (unpaired) electrons. The molecule has 0 saturated carbocycles. The molecule has 4 N–H and O–H groups in total. The third-order valence-corrected chi connectivity index (χ3v) is 8.01. The van der Waals surface area contributed by atoms with Gasteiger partial charge in [-0.3, -0.25) is 0 Å². The molecule has 2 heterocycles. The number of ether oxygens (including phenoxy) is 2. The number of rotatable bonds is 8. The van der Waals surface area contributed by atoms with Gasteiger partial charge in [-0.1, -0.05) is 44.0 Å². The number of carboxylic acid groups (broad SMARTS) is 2. The zero-order valence-corrected chi connectivity index (χ0v) is 31.5. The minimum Gasteiger partial charge on any atom is -0.497 e. The average Bonchev–Trinajstić information content (AvgIpc) is 3.10. The van der Waals surface area contributed by atoms with Gasteiger partial charge in [0.25, 0.3) is 0 Å². The molecule has 2 aromatic heterocycles. The molecule has 56 heavy (non-hydrogen) atoms. The number of fused-ring (bicyclic) bond motifs is 4. The summed E-state index contributed by atoms with van der Waals surface area (Å²) in [5.74, 6) is -3.92. The van der Waals surface area contributed by atoms with Gasteiger partial charge in [-0.15, -0.1) is 0 Å².